The van der Waals surface area contributed by atoms with Crippen LogP contribution in [0.2, 0.25) is 0 Å². The zero-order chi connectivity index (χ0) is 13.0. The van der Waals surface area contributed by atoms with Crippen molar-refractivity contribution in [2.75, 3.05) is 34.8 Å². The highest BCUT2D eigenvalue weighted by Crippen LogP contribution is 2.21. The van der Waals surface area contributed by atoms with Gasteiger partial charge < -0.3 is 19.1 Å². The molecule has 0 fully saturated rings. The first-order valence-electron chi connectivity index (χ1n) is 4.87. The molecule has 6 heteroatoms. The number of rotatable bonds is 6. The molecule has 0 saturated carbocycles. The van der Waals surface area contributed by atoms with Crippen LogP contribution >= 0.6 is 0 Å². The van der Waals surface area contributed by atoms with Gasteiger partial charge in [0.05, 0.1) is 21.1 Å². The van der Waals surface area contributed by atoms with Gasteiger partial charge in [-0.3, -0.25) is 9.59 Å². The average molecular weight is 234 g/mol. The number of hydrogen-bond donors (Lipinski definition) is 1. The topological polar surface area (TPSA) is 72.8 Å². The van der Waals surface area contributed by atoms with Crippen molar-refractivity contribution in [1.82, 2.24) is 0 Å². The number of likely N-dealkylation sites (N-methyl/N-ethyl adjacent to an activating group) is 1. The molecule has 6 nitrogen and oxygen atoms in total. The number of quaternary nitrogens is 1. The number of carbonyl (C=O) groups excluding carboxylic acids is 1. The molecule has 0 radical (unpaired) electrons. The third-order valence-corrected chi connectivity index (χ3v) is 1.84. The van der Waals surface area contributed by atoms with Gasteiger partial charge in [0, 0.05) is 14.0 Å². The van der Waals surface area contributed by atoms with E-state index in [2.05, 4.69) is 0 Å². The first-order chi connectivity index (χ1) is 7.10. The first-order valence-corrected chi connectivity index (χ1v) is 4.87. The Balaban J connectivity index is 4.94. The first kappa shape index (κ1) is 14.9. The Morgan fingerprint density at radius 1 is 1.31 bits per heavy atom. The van der Waals surface area contributed by atoms with Crippen LogP contribution in [0.5, 0.6) is 0 Å². The monoisotopic (exact) mass is 234 g/mol. The Kier molecular flexibility index (Phi) is 4.89. The molecule has 0 amide bonds. The van der Waals surface area contributed by atoms with E-state index in [0.29, 0.717) is 4.48 Å². The van der Waals surface area contributed by atoms with Gasteiger partial charge in [0.15, 0.2) is 0 Å². The number of nitrogens with zero attached hydrogens (tertiary/aromatic N) is 1. The lowest BCUT2D eigenvalue weighted by atomic mass is 10.1. The van der Waals surface area contributed by atoms with Gasteiger partial charge in [-0.2, -0.15) is 0 Å². The van der Waals surface area contributed by atoms with Gasteiger partial charge in [0.25, 0.3) is 5.79 Å². The summed E-state index contributed by atoms with van der Waals surface area (Å²) in [6.07, 6.45) is -0.376. The fourth-order valence-electron chi connectivity index (χ4n) is 1.52. The molecule has 0 bridgehead atoms. The molecule has 1 unspecified atom stereocenters. The molecule has 0 rings (SSSR count). The summed E-state index contributed by atoms with van der Waals surface area (Å²) in [5.74, 6) is -3.04. The third-order valence-electron chi connectivity index (χ3n) is 1.84. The number of carboxylic acid groups (broad SMARTS) is 1. The minimum absolute atomic E-state index is 0.259. The fourth-order valence-corrected chi connectivity index (χ4v) is 1.52. The number of carboxylic acids is 1. The summed E-state index contributed by atoms with van der Waals surface area (Å²) >= 11 is 0. The number of aliphatic carboxylic acids is 1. The maximum absolute atomic E-state index is 11.0. The van der Waals surface area contributed by atoms with Crippen molar-refractivity contribution in [3.05, 3.63) is 0 Å². The number of ether oxygens (including phenoxy) is 2. The van der Waals surface area contributed by atoms with Crippen LogP contribution in [0.4, 0.5) is 0 Å². The zero-order valence-electron chi connectivity index (χ0n) is 10.4. The molecule has 16 heavy (non-hydrogen) atoms. The molecule has 0 aromatic heterocycles. The largest absolute Gasteiger partial charge is 0.481 e. The van der Waals surface area contributed by atoms with Gasteiger partial charge in [-0.1, -0.05) is 0 Å². The van der Waals surface area contributed by atoms with Crippen molar-refractivity contribution in [1.29, 1.82) is 0 Å². The highest BCUT2D eigenvalue weighted by molar-refractivity contribution is 5.70. The van der Waals surface area contributed by atoms with Gasteiger partial charge in [-0.05, 0) is 0 Å². The van der Waals surface area contributed by atoms with Crippen molar-refractivity contribution in [2.24, 2.45) is 0 Å². The lowest BCUT2D eigenvalue weighted by Gasteiger charge is -2.36. The van der Waals surface area contributed by atoms with Crippen molar-refractivity contribution >= 4 is 11.9 Å². The van der Waals surface area contributed by atoms with E-state index >= 15 is 0 Å². The van der Waals surface area contributed by atoms with Gasteiger partial charge >= 0.3 is 11.9 Å². The smallest absolute Gasteiger partial charge is 0.310 e. The Morgan fingerprint density at radius 2 is 1.81 bits per heavy atom. The molecule has 1 atom stereocenters. The molecule has 0 saturated heterocycles. The van der Waals surface area contributed by atoms with E-state index in [1.54, 1.807) is 0 Å². The van der Waals surface area contributed by atoms with E-state index in [-0.39, 0.29) is 13.0 Å². The summed E-state index contributed by atoms with van der Waals surface area (Å²) < 4.78 is 10.5. The van der Waals surface area contributed by atoms with Gasteiger partial charge in [0.1, 0.15) is 13.0 Å². The Hall–Kier alpha value is -1.14. The molecular formula is C10H20NO5+. The summed E-state index contributed by atoms with van der Waals surface area (Å²) in [6, 6.07) is 0. The molecule has 0 heterocycles. The molecule has 0 spiro atoms. The number of methoxy groups -OCH3 is 1. The lowest BCUT2D eigenvalue weighted by Crippen LogP contribution is -2.53. The highest BCUT2D eigenvalue weighted by atomic mass is 16.7. The second-order valence-electron chi connectivity index (χ2n) is 4.73. The van der Waals surface area contributed by atoms with Crippen LogP contribution in [0.3, 0.4) is 0 Å². The van der Waals surface area contributed by atoms with Crippen LogP contribution in [0.25, 0.3) is 0 Å². The maximum atomic E-state index is 11.0. The summed E-state index contributed by atoms with van der Waals surface area (Å²) in [5, 5.41) is 8.81. The molecule has 1 N–H and O–H groups in total. The molecule has 0 aliphatic rings. The summed E-state index contributed by atoms with van der Waals surface area (Å²) in [7, 11) is 6.92. The Bertz CT molecular complexity index is 253. The molecule has 0 aliphatic carbocycles. The summed E-state index contributed by atoms with van der Waals surface area (Å²) in [4.78, 5) is 21.7. The molecular weight excluding hydrogens is 214 g/mol. The third kappa shape index (κ3) is 5.67. The second-order valence-corrected chi connectivity index (χ2v) is 4.73. The summed E-state index contributed by atoms with van der Waals surface area (Å²) in [5.41, 5.74) is 0. The van der Waals surface area contributed by atoms with Crippen LogP contribution in [0.1, 0.15) is 13.3 Å². The van der Waals surface area contributed by atoms with E-state index in [4.69, 9.17) is 14.6 Å². The predicted octanol–water partition coefficient (Wildman–Crippen LogP) is 0.0731. The molecule has 0 aromatic carbocycles. The van der Waals surface area contributed by atoms with Gasteiger partial charge in [0.2, 0.25) is 0 Å². The fraction of sp³-hybridized carbons (Fsp3) is 0.800. The second kappa shape index (κ2) is 5.27. The van der Waals surface area contributed by atoms with Crippen LogP contribution < -0.4 is 0 Å². The number of hydrogen-bond acceptors (Lipinski definition) is 4. The summed E-state index contributed by atoms with van der Waals surface area (Å²) in [6.45, 7) is 1.49. The minimum atomic E-state index is -1.41. The number of esters is 1. The standard InChI is InChI=1S/C10H19NO5/c1-8(12)16-10(15-5,6-9(13)14)7-11(2,3)4/h6-7H2,1-5H3/p+1. The van der Waals surface area contributed by atoms with E-state index in [1.807, 2.05) is 21.1 Å². The van der Waals surface area contributed by atoms with Crippen LogP contribution in [-0.2, 0) is 19.1 Å². The lowest BCUT2D eigenvalue weighted by molar-refractivity contribution is -0.880. The zero-order valence-corrected chi connectivity index (χ0v) is 10.4. The van der Waals surface area contributed by atoms with E-state index in [9.17, 15) is 9.59 Å². The molecule has 94 valence electrons. The van der Waals surface area contributed by atoms with Crippen molar-refractivity contribution in [3.8, 4) is 0 Å². The maximum Gasteiger partial charge on any atom is 0.310 e. The molecule has 0 aliphatic heterocycles. The Labute approximate surface area is 95.3 Å². The SMILES string of the molecule is COC(CC(=O)O)(C[N+](C)(C)C)OC(C)=O. The quantitative estimate of drug-likeness (QED) is 0.400. The minimum Gasteiger partial charge on any atom is -0.481 e. The van der Waals surface area contributed by atoms with E-state index < -0.39 is 17.7 Å². The van der Waals surface area contributed by atoms with E-state index in [1.165, 1.54) is 14.0 Å². The normalized spacial score (nSPS) is 15.3. The predicted molar refractivity (Wildman–Crippen MR) is 56.7 cm³/mol. The van der Waals surface area contributed by atoms with Gasteiger partial charge in [-0.25, -0.2) is 0 Å². The molecule has 0 aromatic rings. The number of carbonyl (C=O) groups is 2. The van der Waals surface area contributed by atoms with Gasteiger partial charge in [-0.15, -0.1) is 0 Å². The van der Waals surface area contributed by atoms with E-state index in [0.717, 1.165) is 0 Å². The van der Waals surface area contributed by atoms with Crippen LogP contribution in [-0.4, -0.2) is 62.1 Å². The van der Waals surface area contributed by atoms with Crippen molar-refractivity contribution in [3.63, 3.8) is 0 Å². The average Bonchev–Trinajstić information content (AvgIpc) is 1.97. The van der Waals surface area contributed by atoms with Crippen LogP contribution in [0, 0.1) is 0 Å². The van der Waals surface area contributed by atoms with Crippen LogP contribution in [0.15, 0.2) is 0 Å². The highest BCUT2D eigenvalue weighted by Gasteiger charge is 2.41. The Morgan fingerprint density at radius 3 is 2.06 bits per heavy atom. The van der Waals surface area contributed by atoms with Crippen molar-refractivity contribution in [2.45, 2.75) is 19.1 Å². The van der Waals surface area contributed by atoms with Crippen molar-refractivity contribution < 1.29 is 28.7 Å².